The van der Waals surface area contributed by atoms with Gasteiger partial charge in [0.2, 0.25) is 5.91 Å². The number of thiophene rings is 2. The number of fused-ring (bicyclic) bond motifs is 1. The number of nitrogens with zero attached hydrogens (tertiary/aromatic N) is 3. The summed E-state index contributed by atoms with van der Waals surface area (Å²) < 4.78 is 8.03. The number of amides is 2. The van der Waals surface area contributed by atoms with Gasteiger partial charge in [0.25, 0.3) is 5.91 Å². The molecule has 1 atom stereocenters. The van der Waals surface area contributed by atoms with Crippen molar-refractivity contribution in [1.82, 2.24) is 20.1 Å². The van der Waals surface area contributed by atoms with E-state index in [0.29, 0.717) is 26.4 Å². The minimum Gasteiger partial charge on any atom is -0.462 e. The Bertz CT molecular complexity index is 1530. The van der Waals surface area contributed by atoms with E-state index >= 15 is 0 Å². The van der Waals surface area contributed by atoms with E-state index < -0.39 is 11.2 Å². The van der Waals surface area contributed by atoms with Crippen LogP contribution in [0.25, 0.3) is 5.69 Å². The summed E-state index contributed by atoms with van der Waals surface area (Å²) in [5, 5.41) is 16.9. The Morgan fingerprint density at radius 2 is 1.98 bits per heavy atom. The van der Waals surface area contributed by atoms with Crippen molar-refractivity contribution in [3.8, 4) is 5.69 Å². The Morgan fingerprint density at radius 1 is 1.18 bits per heavy atom. The van der Waals surface area contributed by atoms with E-state index in [4.69, 9.17) is 4.74 Å². The number of anilines is 1. The van der Waals surface area contributed by atoms with Gasteiger partial charge in [0.05, 0.1) is 28.8 Å². The van der Waals surface area contributed by atoms with Crippen molar-refractivity contribution in [2.24, 2.45) is 0 Å². The molecule has 0 spiro atoms. The van der Waals surface area contributed by atoms with E-state index in [2.05, 4.69) is 36.8 Å². The lowest BCUT2D eigenvalue weighted by Gasteiger charge is -2.14. The minimum absolute atomic E-state index is 0.157. The molecule has 208 valence electrons. The lowest BCUT2D eigenvalue weighted by Crippen LogP contribution is -2.25. The number of carbonyl (C=O) groups is 3. The zero-order chi connectivity index (χ0) is 28.2. The number of aromatic nitrogens is 3. The molecule has 0 bridgehead atoms. The van der Waals surface area contributed by atoms with Gasteiger partial charge in [0, 0.05) is 15.0 Å². The number of carbonyl (C=O) groups excluding carboxylic acids is 3. The quantitative estimate of drug-likeness (QED) is 0.162. The van der Waals surface area contributed by atoms with E-state index in [0.717, 1.165) is 39.9 Å². The first-order valence-corrected chi connectivity index (χ1v) is 16.0. The summed E-state index contributed by atoms with van der Waals surface area (Å²) in [6.07, 6.45) is 2.70. The molecule has 4 aromatic rings. The average Bonchev–Trinajstić information content (AvgIpc) is 3.73. The third kappa shape index (κ3) is 6.17. The molecule has 1 unspecified atom stereocenters. The van der Waals surface area contributed by atoms with Crippen LogP contribution in [0, 0.1) is 0 Å². The maximum Gasteiger partial charge on any atom is 0.341 e. The van der Waals surface area contributed by atoms with Crippen LogP contribution in [-0.4, -0.2) is 44.4 Å². The molecule has 0 radical (unpaired) electrons. The lowest BCUT2D eigenvalue weighted by molar-refractivity contribution is -0.115. The van der Waals surface area contributed by atoms with Gasteiger partial charge in [-0.1, -0.05) is 33.8 Å². The van der Waals surface area contributed by atoms with Gasteiger partial charge in [0.1, 0.15) is 5.00 Å². The van der Waals surface area contributed by atoms with Crippen LogP contribution in [-0.2, 0) is 28.9 Å². The van der Waals surface area contributed by atoms with E-state index in [1.54, 1.807) is 19.9 Å². The lowest BCUT2D eigenvalue weighted by atomic mass is 10.1. The summed E-state index contributed by atoms with van der Waals surface area (Å²) in [5.74, 6) is -0.320. The summed E-state index contributed by atoms with van der Waals surface area (Å²) in [7, 11) is 0. The molecule has 0 aliphatic heterocycles. The number of thioether (sulfide) groups is 1. The van der Waals surface area contributed by atoms with Crippen molar-refractivity contribution in [1.29, 1.82) is 0 Å². The van der Waals surface area contributed by atoms with Gasteiger partial charge in [-0.15, -0.1) is 32.9 Å². The maximum atomic E-state index is 13.3. The molecule has 5 rings (SSSR count). The summed E-state index contributed by atoms with van der Waals surface area (Å²) in [4.78, 5) is 40.3. The van der Waals surface area contributed by atoms with Gasteiger partial charge in [-0.3, -0.25) is 14.2 Å². The number of ether oxygens (including phenoxy) is 1. The first-order valence-electron chi connectivity index (χ1n) is 12.7. The van der Waals surface area contributed by atoms with Gasteiger partial charge in [0.15, 0.2) is 11.0 Å². The number of benzene rings is 1. The SMILES string of the molecule is CCOC(=O)c1c(NC(=O)C(C)Sc2nnc(CNC(=O)c3cccs3)n2-c2ccc(Br)cc2)sc2c1CCC2. The molecule has 13 heteroatoms. The Kier molecular flexibility index (Phi) is 9.03. The van der Waals surface area contributed by atoms with E-state index in [-0.39, 0.29) is 25.0 Å². The fourth-order valence-corrected chi connectivity index (χ4v) is 7.40. The fraction of sp³-hybridized carbons (Fsp3) is 0.296. The number of rotatable bonds is 10. The van der Waals surface area contributed by atoms with E-state index in [1.807, 2.05) is 40.3 Å². The predicted octanol–water partition coefficient (Wildman–Crippen LogP) is 5.87. The summed E-state index contributed by atoms with van der Waals surface area (Å²) in [6.45, 7) is 3.98. The monoisotopic (exact) mass is 659 g/mol. The van der Waals surface area contributed by atoms with Crippen LogP contribution in [0.1, 0.15) is 56.6 Å². The van der Waals surface area contributed by atoms with Crippen molar-refractivity contribution >= 4 is 73.2 Å². The molecular formula is C27H26BrN5O4S3. The highest BCUT2D eigenvalue weighted by atomic mass is 79.9. The molecule has 1 aliphatic rings. The molecule has 3 heterocycles. The van der Waals surface area contributed by atoms with Crippen molar-refractivity contribution in [2.75, 3.05) is 11.9 Å². The van der Waals surface area contributed by atoms with Gasteiger partial charge < -0.3 is 15.4 Å². The molecule has 9 nitrogen and oxygen atoms in total. The van der Waals surface area contributed by atoms with Crippen molar-refractivity contribution in [2.45, 2.75) is 50.1 Å². The number of halogens is 1. The first-order chi connectivity index (χ1) is 19.4. The van der Waals surface area contributed by atoms with Crippen molar-refractivity contribution in [3.63, 3.8) is 0 Å². The highest BCUT2D eigenvalue weighted by Crippen LogP contribution is 2.40. The number of esters is 1. The summed E-state index contributed by atoms with van der Waals surface area (Å²) in [5.41, 5.74) is 2.26. The summed E-state index contributed by atoms with van der Waals surface area (Å²) in [6, 6.07) is 11.2. The first kappa shape index (κ1) is 28.5. The zero-order valence-corrected chi connectivity index (χ0v) is 25.8. The Labute approximate surface area is 251 Å². The number of hydrogen-bond acceptors (Lipinski definition) is 9. The third-order valence-electron chi connectivity index (χ3n) is 6.23. The van der Waals surface area contributed by atoms with Crippen molar-refractivity contribution < 1.29 is 19.1 Å². The van der Waals surface area contributed by atoms with Gasteiger partial charge in [-0.25, -0.2) is 4.79 Å². The third-order valence-corrected chi connectivity index (χ3v) is 9.87. The Hall–Kier alpha value is -3.00. The smallest absolute Gasteiger partial charge is 0.341 e. The highest BCUT2D eigenvalue weighted by Gasteiger charge is 2.30. The van der Waals surface area contributed by atoms with Crippen LogP contribution in [0.2, 0.25) is 0 Å². The van der Waals surface area contributed by atoms with Crippen LogP contribution in [0.5, 0.6) is 0 Å². The number of aryl methyl sites for hydroxylation is 1. The van der Waals surface area contributed by atoms with Crippen LogP contribution >= 0.6 is 50.4 Å². The maximum absolute atomic E-state index is 13.3. The topological polar surface area (TPSA) is 115 Å². The molecule has 2 N–H and O–H groups in total. The molecule has 2 amide bonds. The second-order valence-corrected chi connectivity index (χ2v) is 13.2. The van der Waals surface area contributed by atoms with E-state index in [1.165, 1.54) is 34.4 Å². The van der Waals surface area contributed by atoms with Gasteiger partial charge >= 0.3 is 5.97 Å². The Morgan fingerprint density at radius 3 is 2.70 bits per heavy atom. The molecule has 0 saturated heterocycles. The van der Waals surface area contributed by atoms with Gasteiger partial charge in [-0.05, 0) is 74.4 Å². The van der Waals surface area contributed by atoms with E-state index in [9.17, 15) is 14.4 Å². The molecule has 1 aliphatic carbocycles. The zero-order valence-electron chi connectivity index (χ0n) is 21.7. The highest BCUT2D eigenvalue weighted by molar-refractivity contribution is 9.10. The number of hydrogen-bond donors (Lipinski definition) is 2. The molecule has 0 fully saturated rings. The standard InChI is InChI=1S/C27H26BrN5O4S3/c1-3-37-26(36)22-18-6-4-7-19(18)40-25(22)30-23(34)15(2)39-27-32-31-21(14-29-24(35)20-8-5-13-38-20)33(27)17-11-9-16(28)10-12-17/h5,8-13,15H,3-4,6-7,14H2,1-2H3,(H,29,35)(H,30,34). The van der Waals surface area contributed by atoms with Crippen LogP contribution in [0.4, 0.5) is 5.00 Å². The van der Waals surface area contributed by atoms with Crippen LogP contribution < -0.4 is 10.6 Å². The largest absolute Gasteiger partial charge is 0.462 e. The number of nitrogens with one attached hydrogen (secondary N) is 2. The average molecular weight is 661 g/mol. The van der Waals surface area contributed by atoms with Gasteiger partial charge in [-0.2, -0.15) is 0 Å². The second-order valence-electron chi connectivity index (χ2n) is 8.90. The molecular weight excluding hydrogens is 634 g/mol. The normalized spacial score (nSPS) is 13.1. The predicted molar refractivity (Wildman–Crippen MR) is 161 cm³/mol. The van der Waals surface area contributed by atoms with Crippen molar-refractivity contribution in [3.05, 3.63) is 73.0 Å². The molecule has 1 aromatic carbocycles. The van der Waals surface area contributed by atoms with Crippen LogP contribution in [0.15, 0.2) is 51.4 Å². The minimum atomic E-state index is -0.557. The fourth-order valence-electron chi connectivity index (χ4n) is 4.33. The molecule has 40 heavy (non-hydrogen) atoms. The molecule has 0 saturated carbocycles. The second kappa shape index (κ2) is 12.7. The van der Waals surface area contributed by atoms with Crippen LogP contribution in [0.3, 0.4) is 0 Å². The Balaban J connectivity index is 1.36. The molecule has 3 aromatic heterocycles. The summed E-state index contributed by atoms with van der Waals surface area (Å²) >= 11 is 7.52.